The summed E-state index contributed by atoms with van der Waals surface area (Å²) in [6, 6.07) is 8.24. The molecule has 0 aliphatic heterocycles. The van der Waals surface area contributed by atoms with E-state index in [2.05, 4.69) is 22.5 Å². The van der Waals surface area contributed by atoms with Crippen LogP contribution >= 0.6 is 0 Å². The Morgan fingerprint density at radius 3 is 1.79 bits per heavy atom. The molecule has 29 heavy (non-hydrogen) atoms. The van der Waals surface area contributed by atoms with Crippen molar-refractivity contribution < 1.29 is 29.4 Å². The van der Waals surface area contributed by atoms with Gasteiger partial charge in [-0.15, -0.1) is 0 Å². The van der Waals surface area contributed by atoms with Crippen molar-refractivity contribution in [2.45, 2.75) is 6.92 Å². The van der Waals surface area contributed by atoms with Gasteiger partial charge in [0.1, 0.15) is 0 Å². The zero-order chi connectivity index (χ0) is 21.6. The molecule has 0 fully saturated rings. The van der Waals surface area contributed by atoms with E-state index in [0.717, 1.165) is 0 Å². The van der Waals surface area contributed by atoms with Crippen LogP contribution in [0, 0.1) is 11.8 Å². The fourth-order valence-corrected chi connectivity index (χ4v) is 2.53. The Morgan fingerprint density at radius 1 is 0.793 bits per heavy atom. The largest absolute Gasteiger partial charge is 0.478 e. The Hall–Kier alpha value is -4.12. The molecular formula is C21H18N2O6. The Morgan fingerprint density at radius 2 is 1.31 bits per heavy atom. The van der Waals surface area contributed by atoms with Crippen LogP contribution in [0.3, 0.4) is 0 Å². The molecule has 0 aromatic heterocycles. The molecule has 0 saturated carbocycles. The first-order chi connectivity index (χ1) is 13.8. The van der Waals surface area contributed by atoms with E-state index in [9.17, 15) is 29.4 Å². The van der Waals surface area contributed by atoms with E-state index in [0.29, 0.717) is 17.7 Å². The monoisotopic (exact) mass is 394 g/mol. The highest BCUT2D eigenvalue weighted by Crippen LogP contribution is 2.14. The summed E-state index contributed by atoms with van der Waals surface area (Å²) in [5.41, 5.74) is 0.368. The molecule has 0 bridgehead atoms. The second-order valence-corrected chi connectivity index (χ2v) is 5.82. The molecule has 2 aromatic carbocycles. The van der Waals surface area contributed by atoms with Crippen LogP contribution in [0.4, 0.5) is 0 Å². The highest BCUT2D eigenvalue weighted by atomic mass is 16.4. The van der Waals surface area contributed by atoms with Gasteiger partial charge in [-0.3, -0.25) is 9.59 Å². The molecule has 2 aromatic rings. The first-order valence-electron chi connectivity index (χ1n) is 8.55. The van der Waals surface area contributed by atoms with E-state index < -0.39 is 23.8 Å². The molecule has 2 amide bonds. The van der Waals surface area contributed by atoms with Crippen molar-refractivity contribution in [1.29, 1.82) is 0 Å². The second-order valence-electron chi connectivity index (χ2n) is 5.82. The molecular weight excluding hydrogens is 376 g/mol. The number of carbonyl (C=O) groups is 4. The minimum Gasteiger partial charge on any atom is -0.478 e. The van der Waals surface area contributed by atoms with Gasteiger partial charge in [-0.2, -0.15) is 0 Å². The van der Waals surface area contributed by atoms with Gasteiger partial charge >= 0.3 is 11.9 Å². The second kappa shape index (κ2) is 9.19. The fourth-order valence-electron chi connectivity index (χ4n) is 2.53. The summed E-state index contributed by atoms with van der Waals surface area (Å²) in [7, 11) is 1.40. The van der Waals surface area contributed by atoms with Crippen LogP contribution < -0.4 is 10.6 Å². The molecule has 0 unspecified atom stereocenters. The Balaban J connectivity index is 2.46. The molecule has 4 N–H and O–H groups in total. The summed E-state index contributed by atoms with van der Waals surface area (Å²) >= 11 is 0. The normalized spacial score (nSPS) is 9.72. The van der Waals surface area contributed by atoms with E-state index in [1.165, 1.54) is 43.4 Å². The van der Waals surface area contributed by atoms with Crippen LogP contribution in [0.2, 0.25) is 0 Å². The highest BCUT2D eigenvalue weighted by Gasteiger charge is 2.17. The number of hydrogen-bond donors (Lipinski definition) is 4. The minimum atomic E-state index is -1.27. The number of aromatic carboxylic acids is 2. The smallest absolute Gasteiger partial charge is 0.336 e. The van der Waals surface area contributed by atoms with Crippen molar-refractivity contribution >= 4 is 23.8 Å². The average molecular weight is 394 g/mol. The molecule has 0 spiro atoms. The van der Waals surface area contributed by atoms with Crippen LogP contribution in [-0.4, -0.2) is 47.6 Å². The lowest BCUT2D eigenvalue weighted by atomic mass is 10.0. The first kappa shape index (κ1) is 21.2. The van der Waals surface area contributed by atoms with Gasteiger partial charge in [-0.25, -0.2) is 9.59 Å². The van der Waals surface area contributed by atoms with Gasteiger partial charge in [0.15, 0.2) is 0 Å². The molecule has 0 atom stereocenters. The maximum atomic E-state index is 12.1. The number of carboxylic acid groups (broad SMARTS) is 2. The SMILES string of the molecule is CCNC(=O)c1cc(C#Cc2ccc(C(=O)NC)c(C(=O)O)c2)ccc1C(=O)O. The predicted octanol–water partition coefficient (Wildman–Crippen LogP) is 1.59. The van der Waals surface area contributed by atoms with E-state index >= 15 is 0 Å². The molecule has 0 radical (unpaired) electrons. The molecule has 0 saturated heterocycles. The molecule has 0 aliphatic carbocycles. The number of nitrogens with one attached hydrogen (secondary N) is 2. The average Bonchev–Trinajstić information content (AvgIpc) is 2.71. The van der Waals surface area contributed by atoms with Crippen molar-refractivity contribution in [1.82, 2.24) is 10.6 Å². The molecule has 0 aliphatic rings. The lowest BCUT2D eigenvalue weighted by molar-refractivity contribution is 0.0682. The first-order valence-corrected chi connectivity index (χ1v) is 8.55. The van der Waals surface area contributed by atoms with Crippen LogP contribution in [0.25, 0.3) is 0 Å². The lowest BCUT2D eigenvalue weighted by Gasteiger charge is -2.07. The topological polar surface area (TPSA) is 133 Å². The number of benzene rings is 2. The number of carbonyl (C=O) groups excluding carboxylic acids is 2. The lowest BCUT2D eigenvalue weighted by Crippen LogP contribution is -2.25. The molecule has 0 heterocycles. The van der Waals surface area contributed by atoms with Crippen molar-refractivity contribution in [2.24, 2.45) is 0 Å². The number of hydrogen-bond acceptors (Lipinski definition) is 4. The zero-order valence-corrected chi connectivity index (χ0v) is 15.7. The van der Waals surface area contributed by atoms with Gasteiger partial charge < -0.3 is 20.8 Å². The molecule has 148 valence electrons. The quantitative estimate of drug-likeness (QED) is 0.569. The third kappa shape index (κ3) is 4.99. The van der Waals surface area contributed by atoms with Crippen LogP contribution in [-0.2, 0) is 0 Å². The third-order valence-corrected chi connectivity index (χ3v) is 3.90. The van der Waals surface area contributed by atoms with Gasteiger partial charge in [0.25, 0.3) is 11.8 Å². The van der Waals surface area contributed by atoms with Gasteiger partial charge in [0, 0.05) is 24.7 Å². The van der Waals surface area contributed by atoms with Crippen LogP contribution in [0.1, 0.15) is 59.5 Å². The minimum absolute atomic E-state index is 0.00915. The van der Waals surface area contributed by atoms with E-state index in [4.69, 9.17) is 0 Å². The van der Waals surface area contributed by atoms with Gasteiger partial charge in [0.05, 0.1) is 22.3 Å². The van der Waals surface area contributed by atoms with Gasteiger partial charge in [-0.05, 0) is 43.3 Å². The summed E-state index contributed by atoms with van der Waals surface area (Å²) in [6.45, 7) is 2.05. The van der Waals surface area contributed by atoms with Gasteiger partial charge in [-0.1, -0.05) is 11.8 Å². The third-order valence-electron chi connectivity index (χ3n) is 3.90. The fraction of sp³-hybridized carbons (Fsp3) is 0.143. The van der Waals surface area contributed by atoms with E-state index in [-0.39, 0.29) is 22.3 Å². The highest BCUT2D eigenvalue weighted by molar-refractivity contribution is 6.05. The maximum Gasteiger partial charge on any atom is 0.336 e. The van der Waals surface area contributed by atoms with E-state index in [1.807, 2.05) is 0 Å². The molecule has 2 rings (SSSR count). The summed E-state index contributed by atoms with van der Waals surface area (Å²) in [5.74, 6) is 1.98. The van der Waals surface area contributed by atoms with Crippen molar-refractivity contribution in [3.63, 3.8) is 0 Å². The molecule has 8 heteroatoms. The van der Waals surface area contributed by atoms with Gasteiger partial charge in [0.2, 0.25) is 0 Å². The van der Waals surface area contributed by atoms with Crippen LogP contribution in [0.15, 0.2) is 36.4 Å². The number of carboxylic acids is 2. The number of amides is 2. The van der Waals surface area contributed by atoms with Crippen molar-refractivity contribution in [3.8, 4) is 11.8 Å². The molecule has 8 nitrogen and oxygen atoms in total. The summed E-state index contributed by atoms with van der Waals surface area (Å²) in [4.78, 5) is 46.6. The van der Waals surface area contributed by atoms with Crippen molar-refractivity contribution in [2.75, 3.05) is 13.6 Å². The Bertz CT molecular complexity index is 1060. The summed E-state index contributed by atoms with van der Waals surface area (Å²) in [5, 5.41) is 23.5. The standard InChI is InChI=1S/C21H18N2O6/c1-3-23-19(25)16-10-12(7-9-15(16)20(26)27)4-5-13-6-8-14(18(24)22-2)17(11-13)21(28)29/h6-11H,3H2,1-2H3,(H,22,24)(H,23,25)(H,26,27)(H,28,29). The van der Waals surface area contributed by atoms with Crippen LogP contribution in [0.5, 0.6) is 0 Å². The summed E-state index contributed by atoms with van der Waals surface area (Å²) < 4.78 is 0. The summed E-state index contributed by atoms with van der Waals surface area (Å²) in [6.07, 6.45) is 0. The maximum absolute atomic E-state index is 12.1. The van der Waals surface area contributed by atoms with E-state index in [1.54, 1.807) is 6.92 Å². The van der Waals surface area contributed by atoms with Crippen molar-refractivity contribution in [3.05, 3.63) is 69.8 Å². The predicted molar refractivity (Wildman–Crippen MR) is 104 cm³/mol. The Labute approximate surface area is 166 Å². The number of rotatable bonds is 5. The Kier molecular flexibility index (Phi) is 6.71. The zero-order valence-electron chi connectivity index (χ0n) is 15.7.